The third-order valence-corrected chi connectivity index (χ3v) is 4.36. The molecule has 1 aliphatic heterocycles. The van der Waals surface area contributed by atoms with E-state index in [1.54, 1.807) is 0 Å². The molecule has 1 fully saturated rings. The van der Waals surface area contributed by atoms with Gasteiger partial charge in [-0.2, -0.15) is 0 Å². The van der Waals surface area contributed by atoms with Crippen LogP contribution in [0.3, 0.4) is 0 Å². The number of carbonyl (C=O) groups excluding carboxylic acids is 1. The van der Waals surface area contributed by atoms with Crippen molar-refractivity contribution in [2.75, 3.05) is 33.3 Å². The van der Waals surface area contributed by atoms with E-state index in [0.717, 1.165) is 50.4 Å². The average molecular weight is 318 g/mol. The fourth-order valence-electron chi connectivity index (χ4n) is 2.99. The normalized spacial score (nSPS) is 18.3. The fraction of sp³-hybridized carbons (Fsp3) is 0.632. The van der Waals surface area contributed by atoms with Crippen LogP contribution in [0.1, 0.15) is 43.5 Å². The van der Waals surface area contributed by atoms with Crippen molar-refractivity contribution in [1.82, 2.24) is 10.2 Å². The number of hydrogen-bond donors (Lipinski definition) is 1. The number of nitrogens with one attached hydrogen (secondary N) is 1. The standard InChI is InChI=1S/C19H30N2O2/c1-15(2)10-12-23-18-8-6-17(7-9-18)19(22)21-11-4-5-16(14-21)13-20-3/h6-9,15-16,20H,4-5,10-14H2,1-3H3. The Labute approximate surface area is 140 Å². The molecule has 2 rings (SSSR count). The van der Waals surface area contributed by atoms with Gasteiger partial charge in [0.25, 0.3) is 5.91 Å². The lowest BCUT2D eigenvalue weighted by Gasteiger charge is -2.32. The van der Waals surface area contributed by atoms with Crippen molar-refractivity contribution < 1.29 is 9.53 Å². The van der Waals surface area contributed by atoms with Gasteiger partial charge in [0.2, 0.25) is 0 Å². The highest BCUT2D eigenvalue weighted by Crippen LogP contribution is 2.20. The molecule has 0 spiro atoms. The Morgan fingerprint density at radius 1 is 1.35 bits per heavy atom. The molecule has 23 heavy (non-hydrogen) atoms. The molecule has 1 atom stereocenters. The van der Waals surface area contributed by atoms with E-state index < -0.39 is 0 Å². The Bertz CT molecular complexity index is 483. The van der Waals surface area contributed by atoms with Gasteiger partial charge in [0.1, 0.15) is 5.75 Å². The minimum atomic E-state index is 0.138. The molecule has 4 heteroatoms. The van der Waals surface area contributed by atoms with Crippen molar-refractivity contribution in [3.63, 3.8) is 0 Å². The molecule has 1 aliphatic rings. The van der Waals surface area contributed by atoms with Gasteiger partial charge in [-0.25, -0.2) is 0 Å². The number of rotatable bonds is 7. The zero-order valence-corrected chi connectivity index (χ0v) is 14.7. The van der Waals surface area contributed by atoms with Crippen LogP contribution in [0.15, 0.2) is 24.3 Å². The van der Waals surface area contributed by atoms with Crippen LogP contribution in [-0.4, -0.2) is 44.1 Å². The summed E-state index contributed by atoms with van der Waals surface area (Å²) in [5, 5.41) is 3.22. The highest BCUT2D eigenvalue weighted by Gasteiger charge is 2.23. The van der Waals surface area contributed by atoms with Crippen molar-refractivity contribution in [2.45, 2.75) is 33.1 Å². The summed E-state index contributed by atoms with van der Waals surface area (Å²) in [5.41, 5.74) is 0.756. The summed E-state index contributed by atoms with van der Waals surface area (Å²) in [7, 11) is 1.97. The Kier molecular flexibility index (Phi) is 6.90. The van der Waals surface area contributed by atoms with Crippen LogP contribution in [0.5, 0.6) is 5.75 Å². The molecule has 1 N–H and O–H groups in total. The van der Waals surface area contributed by atoms with Gasteiger partial charge >= 0.3 is 0 Å². The molecular formula is C19H30N2O2. The van der Waals surface area contributed by atoms with Gasteiger partial charge in [-0.3, -0.25) is 4.79 Å². The predicted octanol–water partition coefficient (Wildman–Crippen LogP) is 3.18. The number of benzene rings is 1. The zero-order valence-electron chi connectivity index (χ0n) is 14.7. The van der Waals surface area contributed by atoms with E-state index in [9.17, 15) is 4.79 Å². The highest BCUT2D eigenvalue weighted by molar-refractivity contribution is 5.94. The van der Waals surface area contributed by atoms with Crippen LogP contribution in [0.4, 0.5) is 0 Å². The number of ether oxygens (including phenoxy) is 1. The van der Waals surface area contributed by atoms with Crippen molar-refractivity contribution >= 4 is 5.91 Å². The van der Waals surface area contributed by atoms with Crippen molar-refractivity contribution in [1.29, 1.82) is 0 Å². The maximum atomic E-state index is 12.6. The second-order valence-corrected chi connectivity index (χ2v) is 6.87. The van der Waals surface area contributed by atoms with Crippen LogP contribution in [0, 0.1) is 11.8 Å². The second-order valence-electron chi connectivity index (χ2n) is 6.87. The largest absolute Gasteiger partial charge is 0.494 e. The number of amides is 1. The summed E-state index contributed by atoms with van der Waals surface area (Å²) in [6.45, 7) is 7.79. The lowest BCUT2D eigenvalue weighted by molar-refractivity contribution is 0.0674. The molecule has 0 saturated carbocycles. The van der Waals surface area contributed by atoms with Crippen molar-refractivity contribution in [2.24, 2.45) is 11.8 Å². The molecule has 1 heterocycles. The average Bonchev–Trinajstić information content (AvgIpc) is 2.55. The fourth-order valence-corrected chi connectivity index (χ4v) is 2.99. The van der Waals surface area contributed by atoms with Crippen LogP contribution < -0.4 is 10.1 Å². The molecule has 4 nitrogen and oxygen atoms in total. The third-order valence-electron chi connectivity index (χ3n) is 4.36. The van der Waals surface area contributed by atoms with Gasteiger partial charge in [0, 0.05) is 18.7 Å². The highest BCUT2D eigenvalue weighted by atomic mass is 16.5. The van der Waals surface area contributed by atoms with Gasteiger partial charge in [-0.1, -0.05) is 13.8 Å². The van der Waals surface area contributed by atoms with Gasteiger partial charge in [-0.15, -0.1) is 0 Å². The van der Waals surface area contributed by atoms with E-state index >= 15 is 0 Å². The molecule has 0 aromatic heterocycles. The number of carbonyl (C=O) groups is 1. The molecular weight excluding hydrogens is 288 g/mol. The Morgan fingerprint density at radius 3 is 2.74 bits per heavy atom. The summed E-state index contributed by atoms with van der Waals surface area (Å²) >= 11 is 0. The molecule has 1 saturated heterocycles. The number of nitrogens with zero attached hydrogens (tertiary/aromatic N) is 1. The molecule has 1 amide bonds. The molecule has 1 aromatic rings. The molecule has 0 aliphatic carbocycles. The number of hydrogen-bond acceptors (Lipinski definition) is 3. The number of likely N-dealkylation sites (tertiary alicyclic amines) is 1. The van der Waals surface area contributed by atoms with Gasteiger partial charge in [0.05, 0.1) is 6.61 Å². The first-order valence-electron chi connectivity index (χ1n) is 8.77. The maximum absolute atomic E-state index is 12.6. The molecule has 1 aromatic carbocycles. The van der Waals surface area contributed by atoms with E-state index in [1.807, 2.05) is 36.2 Å². The van der Waals surface area contributed by atoms with Crippen molar-refractivity contribution in [3.8, 4) is 5.75 Å². The Balaban J connectivity index is 1.89. The Morgan fingerprint density at radius 2 is 2.09 bits per heavy atom. The molecule has 0 radical (unpaired) electrons. The summed E-state index contributed by atoms with van der Waals surface area (Å²) in [4.78, 5) is 14.6. The quantitative estimate of drug-likeness (QED) is 0.839. The lowest BCUT2D eigenvalue weighted by Crippen LogP contribution is -2.42. The topological polar surface area (TPSA) is 41.6 Å². The predicted molar refractivity (Wildman–Crippen MR) is 93.9 cm³/mol. The number of piperidine rings is 1. The van der Waals surface area contributed by atoms with Gasteiger partial charge < -0.3 is 15.0 Å². The summed E-state index contributed by atoms with van der Waals surface area (Å²) in [6.07, 6.45) is 3.34. The van der Waals surface area contributed by atoms with Crippen LogP contribution in [0.25, 0.3) is 0 Å². The van der Waals surface area contributed by atoms with E-state index in [-0.39, 0.29) is 5.91 Å². The van der Waals surface area contributed by atoms with Crippen LogP contribution >= 0.6 is 0 Å². The lowest BCUT2D eigenvalue weighted by atomic mass is 9.97. The first-order chi connectivity index (χ1) is 11.1. The monoisotopic (exact) mass is 318 g/mol. The maximum Gasteiger partial charge on any atom is 0.253 e. The SMILES string of the molecule is CNCC1CCCN(C(=O)c2ccc(OCCC(C)C)cc2)C1. The first-order valence-corrected chi connectivity index (χ1v) is 8.77. The minimum absolute atomic E-state index is 0.138. The summed E-state index contributed by atoms with van der Waals surface area (Å²) in [6, 6.07) is 7.58. The molecule has 1 unspecified atom stereocenters. The van der Waals surface area contributed by atoms with Crippen LogP contribution in [0.2, 0.25) is 0 Å². The smallest absolute Gasteiger partial charge is 0.253 e. The summed E-state index contributed by atoms with van der Waals surface area (Å²) < 4.78 is 5.71. The van der Waals surface area contributed by atoms with E-state index in [2.05, 4.69) is 19.2 Å². The van der Waals surface area contributed by atoms with Crippen molar-refractivity contribution in [3.05, 3.63) is 29.8 Å². The molecule has 128 valence electrons. The molecule has 0 bridgehead atoms. The van der Waals surface area contributed by atoms with Gasteiger partial charge in [-0.05, 0) is 69.0 Å². The third kappa shape index (κ3) is 5.54. The Hall–Kier alpha value is -1.55. The second kappa shape index (κ2) is 8.92. The van der Waals surface area contributed by atoms with E-state index in [4.69, 9.17) is 4.74 Å². The summed E-state index contributed by atoms with van der Waals surface area (Å²) in [5.74, 6) is 2.19. The van der Waals surface area contributed by atoms with E-state index in [0.29, 0.717) is 11.8 Å². The van der Waals surface area contributed by atoms with Crippen LogP contribution in [-0.2, 0) is 0 Å². The van der Waals surface area contributed by atoms with Gasteiger partial charge in [0.15, 0.2) is 0 Å². The minimum Gasteiger partial charge on any atom is -0.494 e. The zero-order chi connectivity index (χ0) is 16.7. The van der Waals surface area contributed by atoms with E-state index in [1.165, 1.54) is 6.42 Å². The first kappa shape index (κ1) is 17.8.